The van der Waals surface area contributed by atoms with E-state index >= 15 is 0 Å². The van der Waals surface area contributed by atoms with Crippen LogP contribution in [0.4, 0.5) is 5.69 Å². The van der Waals surface area contributed by atoms with Gasteiger partial charge >= 0.3 is 5.97 Å². The molecule has 6 nitrogen and oxygen atoms in total. The van der Waals surface area contributed by atoms with Gasteiger partial charge in [0, 0.05) is 7.05 Å². The first-order valence-corrected chi connectivity index (χ1v) is 6.45. The third-order valence-electron chi connectivity index (χ3n) is 1.82. The van der Waals surface area contributed by atoms with E-state index < -0.39 is 21.7 Å². The number of nitrogens with one attached hydrogen (secondary N) is 2. The second kappa shape index (κ2) is 5.09. The number of hydrogen-bond donors (Lipinski definition) is 3. The Morgan fingerprint density at radius 2 is 1.82 bits per heavy atom. The molecule has 0 atom stereocenters. The third kappa shape index (κ3) is 3.22. The predicted octanol–water partition coefficient (Wildman–Crippen LogP) is 1.57. The Labute approximate surface area is 108 Å². The molecule has 0 spiro atoms. The van der Waals surface area contributed by atoms with Crippen LogP contribution in [0.3, 0.4) is 0 Å². The Bertz CT molecular complexity index is 559. The zero-order chi connectivity index (χ0) is 13.2. The van der Waals surface area contributed by atoms with Gasteiger partial charge in [-0.1, -0.05) is 23.2 Å². The van der Waals surface area contributed by atoms with Crippen molar-refractivity contribution in [2.24, 2.45) is 0 Å². The van der Waals surface area contributed by atoms with Crippen LogP contribution in [-0.2, 0) is 10.2 Å². The summed E-state index contributed by atoms with van der Waals surface area (Å²) in [7, 11) is -2.71. The fraction of sp³-hybridized carbons (Fsp3) is 0.125. The summed E-state index contributed by atoms with van der Waals surface area (Å²) in [6.45, 7) is 0. The number of rotatable bonds is 4. The molecule has 0 aliphatic carbocycles. The predicted molar refractivity (Wildman–Crippen MR) is 65.0 cm³/mol. The highest BCUT2D eigenvalue weighted by Crippen LogP contribution is 2.32. The summed E-state index contributed by atoms with van der Waals surface area (Å²) in [6, 6.07) is 2.56. The van der Waals surface area contributed by atoms with Gasteiger partial charge in [-0.15, -0.1) is 0 Å². The van der Waals surface area contributed by atoms with Crippen LogP contribution < -0.4 is 9.44 Å². The van der Waals surface area contributed by atoms with Crippen LogP contribution in [0.1, 0.15) is 10.4 Å². The lowest BCUT2D eigenvalue weighted by atomic mass is 10.2. The maximum absolute atomic E-state index is 11.3. The maximum Gasteiger partial charge on any atom is 0.339 e. The topological polar surface area (TPSA) is 95.5 Å². The van der Waals surface area contributed by atoms with Crippen LogP contribution in [0, 0.1) is 0 Å². The molecule has 9 heteroatoms. The van der Waals surface area contributed by atoms with E-state index in [9.17, 15) is 13.2 Å². The minimum absolute atomic E-state index is 0.0642. The highest BCUT2D eigenvalue weighted by molar-refractivity contribution is 7.90. The molecule has 0 unspecified atom stereocenters. The summed E-state index contributed by atoms with van der Waals surface area (Å²) < 4.78 is 26.5. The molecule has 1 aromatic carbocycles. The standard InChI is InChI=1S/C8H8Cl2N2O4S/c1-11-17(15,16)12-7-5(10)3-2-4(9)6(7)8(13)14/h2-3,11-12H,1H3,(H,13,14). The SMILES string of the molecule is CNS(=O)(=O)Nc1c(Cl)ccc(Cl)c1C(=O)O. The van der Waals surface area contributed by atoms with E-state index in [1.807, 2.05) is 9.44 Å². The molecule has 0 saturated carbocycles. The van der Waals surface area contributed by atoms with Gasteiger partial charge in [-0.05, 0) is 12.1 Å². The van der Waals surface area contributed by atoms with Gasteiger partial charge in [0.1, 0.15) is 5.56 Å². The molecule has 1 rings (SSSR count). The molecule has 1 aromatic rings. The van der Waals surface area contributed by atoms with Crippen LogP contribution in [0.2, 0.25) is 10.0 Å². The van der Waals surface area contributed by atoms with Crippen molar-refractivity contribution in [1.82, 2.24) is 4.72 Å². The number of aromatic carboxylic acids is 1. The molecule has 0 aliphatic heterocycles. The monoisotopic (exact) mass is 298 g/mol. The summed E-state index contributed by atoms with van der Waals surface area (Å²) in [5, 5.41) is 8.76. The average Bonchev–Trinajstić information content (AvgIpc) is 2.23. The first-order chi connectivity index (χ1) is 7.78. The van der Waals surface area contributed by atoms with E-state index in [1.54, 1.807) is 0 Å². The van der Waals surface area contributed by atoms with Crippen molar-refractivity contribution in [2.75, 3.05) is 11.8 Å². The van der Waals surface area contributed by atoms with Crippen LogP contribution >= 0.6 is 23.2 Å². The Morgan fingerprint density at radius 1 is 1.29 bits per heavy atom. The van der Waals surface area contributed by atoms with E-state index in [0.717, 1.165) is 0 Å². The second-order valence-corrected chi connectivity index (χ2v) is 5.33. The number of hydrogen-bond acceptors (Lipinski definition) is 3. The van der Waals surface area contributed by atoms with Gasteiger partial charge in [-0.25, -0.2) is 9.52 Å². The van der Waals surface area contributed by atoms with Crippen molar-refractivity contribution in [2.45, 2.75) is 0 Å². The van der Waals surface area contributed by atoms with Crippen molar-refractivity contribution in [3.63, 3.8) is 0 Å². The molecule has 94 valence electrons. The molecule has 0 aliphatic rings. The van der Waals surface area contributed by atoms with E-state index in [1.165, 1.54) is 19.2 Å². The number of benzene rings is 1. The van der Waals surface area contributed by atoms with Gasteiger partial charge in [-0.2, -0.15) is 8.42 Å². The van der Waals surface area contributed by atoms with Crippen molar-refractivity contribution >= 4 is 45.1 Å². The lowest BCUT2D eigenvalue weighted by molar-refractivity contribution is 0.0698. The number of carboxylic acid groups (broad SMARTS) is 1. The van der Waals surface area contributed by atoms with E-state index in [0.29, 0.717) is 0 Å². The number of carboxylic acids is 1. The lowest BCUT2D eigenvalue weighted by Crippen LogP contribution is -2.27. The summed E-state index contributed by atoms with van der Waals surface area (Å²) >= 11 is 11.4. The fourth-order valence-electron chi connectivity index (χ4n) is 1.05. The first kappa shape index (κ1) is 14.0. The summed E-state index contributed by atoms with van der Waals surface area (Å²) in [4.78, 5) is 11.0. The maximum atomic E-state index is 11.3. The number of carbonyl (C=O) groups is 1. The van der Waals surface area contributed by atoms with Gasteiger partial charge in [0.05, 0.1) is 15.7 Å². The molecule has 3 N–H and O–H groups in total. The van der Waals surface area contributed by atoms with E-state index in [2.05, 4.69) is 0 Å². The van der Waals surface area contributed by atoms with E-state index in [-0.39, 0.29) is 15.7 Å². The van der Waals surface area contributed by atoms with Crippen molar-refractivity contribution < 1.29 is 18.3 Å². The molecular weight excluding hydrogens is 291 g/mol. The van der Waals surface area contributed by atoms with Crippen LogP contribution in [0.25, 0.3) is 0 Å². The van der Waals surface area contributed by atoms with Crippen LogP contribution in [0.5, 0.6) is 0 Å². The Morgan fingerprint density at radius 3 is 2.29 bits per heavy atom. The van der Waals surface area contributed by atoms with Gasteiger partial charge in [0.15, 0.2) is 0 Å². The zero-order valence-electron chi connectivity index (χ0n) is 8.49. The minimum Gasteiger partial charge on any atom is -0.478 e. The molecule has 0 radical (unpaired) electrons. The average molecular weight is 299 g/mol. The molecule has 0 heterocycles. The van der Waals surface area contributed by atoms with Crippen LogP contribution in [-0.4, -0.2) is 26.5 Å². The van der Waals surface area contributed by atoms with Crippen molar-refractivity contribution in [3.8, 4) is 0 Å². The van der Waals surface area contributed by atoms with Gasteiger partial charge in [0.2, 0.25) is 0 Å². The van der Waals surface area contributed by atoms with E-state index in [4.69, 9.17) is 28.3 Å². The highest BCUT2D eigenvalue weighted by Gasteiger charge is 2.21. The summed E-state index contributed by atoms with van der Waals surface area (Å²) in [6.07, 6.45) is 0. The quantitative estimate of drug-likeness (QED) is 0.786. The smallest absolute Gasteiger partial charge is 0.339 e. The molecule has 0 aromatic heterocycles. The second-order valence-electron chi connectivity index (χ2n) is 2.89. The number of anilines is 1. The van der Waals surface area contributed by atoms with Gasteiger partial charge in [-0.3, -0.25) is 4.72 Å². The molecule has 0 fully saturated rings. The summed E-state index contributed by atoms with van der Waals surface area (Å²) in [5.74, 6) is -1.38. The lowest BCUT2D eigenvalue weighted by Gasteiger charge is -2.12. The number of halogens is 2. The summed E-state index contributed by atoms with van der Waals surface area (Å²) in [5.41, 5.74) is -0.681. The normalized spacial score (nSPS) is 11.2. The minimum atomic E-state index is -3.87. The Kier molecular flexibility index (Phi) is 4.21. The van der Waals surface area contributed by atoms with Gasteiger partial charge < -0.3 is 5.11 Å². The van der Waals surface area contributed by atoms with Gasteiger partial charge in [0.25, 0.3) is 10.2 Å². The van der Waals surface area contributed by atoms with Crippen molar-refractivity contribution in [3.05, 3.63) is 27.7 Å². The van der Waals surface area contributed by atoms with Crippen LogP contribution in [0.15, 0.2) is 12.1 Å². The largest absolute Gasteiger partial charge is 0.478 e. The molecule has 0 amide bonds. The Balaban J connectivity index is 3.41. The molecule has 0 saturated heterocycles. The highest BCUT2D eigenvalue weighted by atomic mass is 35.5. The fourth-order valence-corrected chi connectivity index (χ4v) is 2.13. The Hall–Kier alpha value is -1.02. The zero-order valence-corrected chi connectivity index (χ0v) is 10.8. The van der Waals surface area contributed by atoms with Crippen molar-refractivity contribution in [1.29, 1.82) is 0 Å². The first-order valence-electron chi connectivity index (χ1n) is 4.21. The molecule has 17 heavy (non-hydrogen) atoms. The third-order valence-corrected chi connectivity index (χ3v) is 3.46. The molecular formula is C8H8Cl2N2O4S. The molecule has 0 bridgehead atoms.